The number of urea groups is 1. The zero-order chi connectivity index (χ0) is 13.8. The summed E-state index contributed by atoms with van der Waals surface area (Å²) in [7, 11) is 0. The summed E-state index contributed by atoms with van der Waals surface area (Å²) in [4.78, 5) is 11.3. The van der Waals surface area contributed by atoms with Crippen molar-refractivity contribution in [1.29, 1.82) is 0 Å². The lowest BCUT2D eigenvalue weighted by molar-refractivity contribution is 0.0769. The van der Waals surface area contributed by atoms with Crippen LogP contribution in [0.1, 0.15) is 40.5 Å². The number of nitrogens with one attached hydrogen (secondary N) is 2. The van der Waals surface area contributed by atoms with Crippen molar-refractivity contribution in [1.82, 2.24) is 10.6 Å². The minimum atomic E-state index is -0.121. The summed E-state index contributed by atoms with van der Waals surface area (Å²) in [5.74, 6) is 0. The SMILES string of the molecule is CC(C)OCCCNC(=O)NCCCOC(C)C. The number of ether oxygens (including phenoxy) is 2. The third-order valence-electron chi connectivity index (χ3n) is 2.12. The number of hydrogen-bond donors (Lipinski definition) is 2. The van der Waals surface area contributed by atoms with Crippen molar-refractivity contribution < 1.29 is 14.3 Å². The van der Waals surface area contributed by atoms with Gasteiger partial charge in [-0.05, 0) is 40.5 Å². The molecule has 0 radical (unpaired) electrons. The van der Waals surface area contributed by atoms with E-state index in [4.69, 9.17) is 9.47 Å². The van der Waals surface area contributed by atoms with Crippen molar-refractivity contribution in [3.05, 3.63) is 0 Å². The molecule has 0 aliphatic heterocycles. The minimum absolute atomic E-state index is 0.121. The molecular formula is C13H28N2O3. The van der Waals surface area contributed by atoms with Gasteiger partial charge in [-0.1, -0.05) is 0 Å². The molecule has 5 nitrogen and oxygen atoms in total. The van der Waals surface area contributed by atoms with E-state index in [-0.39, 0.29) is 18.2 Å². The number of hydrogen-bond acceptors (Lipinski definition) is 3. The monoisotopic (exact) mass is 260 g/mol. The van der Waals surface area contributed by atoms with Gasteiger partial charge in [0.15, 0.2) is 0 Å². The van der Waals surface area contributed by atoms with Crippen LogP contribution in [0.25, 0.3) is 0 Å². The fourth-order valence-electron chi connectivity index (χ4n) is 1.25. The molecule has 0 aromatic rings. The Labute approximate surface area is 111 Å². The predicted molar refractivity (Wildman–Crippen MR) is 72.8 cm³/mol. The Morgan fingerprint density at radius 2 is 1.28 bits per heavy atom. The molecular weight excluding hydrogens is 232 g/mol. The third-order valence-corrected chi connectivity index (χ3v) is 2.12. The van der Waals surface area contributed by atoms with Gasteiger partial charge in [0, 0.05) is 26.3 Å². The summed E-state index contributed by atoms with van der Waals surface area (Å²) in [5, 5.41) is 5.57. The molecule has 0 aliphatic carbocycles. The fraction of sp³-hybridized carbons (Fsp3) is 0.923. The Hall–Kier alpha value is -0.810. The number of rotatable bonds is 10. The summed E-state index contributed by atoms with van der Waals surface area (Å²) in [6.45, 7) is 10.6. The lowest BCUT2D eigenvalue weighted by atomic mass is 10.4. The van der Waals surface area contributed by atoms with Gasteiger partial charge in [0.05, 0.1) is 12.2 Å². The number of carbonyl (C=O) groups excluding carboxylic acids is 1. The van der Waals surface area contributed by atoms with E-state index in [1.54, 1.807) is 0 Å². The standard InChI is InChI=1S/C13H28N2O3/c1-11(2)17-9-5-7-14-13(16)15-8-6-10-18-12(3)4/h11-12H,5-10H2,1-4H3,(H2,14,15,16). The molecule has 0 fully saturated rings. The summed E-state index contributed by atoms with van der Waals surface area (Å²) in [5.41, 5.74) is 0. The van der Waals surface area contributed by atoms with Crippen molar-refractivity contribution in [3.63, 3.8) is 0 Å². The van der Waals surface area contributed by atoms with Crippen molar-refractivity contribution in [2.75, 3.05) is 26.3 Å². The van der Waals surface area contributed by atoms with Gasteiger partial charge in [-0.15, -0.1) is 0 Å². The normalized spacial score (nSPS) is 11.0. The molecule has 5 heteroatoms. The fourth-order valence-corrected chi connectivity index (χ4v) is 1.25. The van der Waals surface area contributed by atoms with Gasteiger partial charge in [-0.25, -0.2) is 4.79 Å². The molecule has 2 N–H and O–H groups in total. The van der Waals surface area contributed by atoms with Gasteiger partial charge in [0.25, 0.3) is 0 Å². The quantitative estimate of drug-likeness (QED) is 0.590. The Kier molecular flexibility index (Phi) is 10.8. The molecule has 0 heterocycles. The van der Waals surface area contributed by atoms with Crippen LogP contribution in [0.2, 0.25) is 0 Å². The van der Waals surface area contributed by atoms with E-state index in [9.17, 15) is 4.79 Å². The highest BCUT2D eigenvalue weighted by atomic mass is 16.5. The van der Waals surface area contributed by atoms with Crippen molar-refractivity contribution in [2.24, 2.45) is 0 Å². The maximum atomic E-state index is 11.3. The van der Waals surface area contributed by atoms with Gasteiger partial charge < -0.3 is 20.1 Å². The Morgan fingerprint density at radius 3 is 1.61 bits per heavy atom. The lowest BCUT2D eigenvalue weighted by Crippen LogP contribution is -2.37. The molecule has 0 atom stereocenters. The van der Waals surface area contributed by atoms with Gasteiger partial charge in [0.1, 0.15) is 0 Å². The minimum Gasteiger partial charge on any atom is -0.379 e. The van der Waals surface area contributed by atoms with Gasteiger partial charge >= 0.3 is 6.03 Å². The summed E-state index contributed by atoms with van der Waals surface area (Å²) >= 11 is 0. The van der Waals surface area contributed by atoms with E-state index in [1.807, 2.05) is 27.7 Å². The van der Waals surface area contributed by atoms with Crippen LogP contribution >= 0.6 is 0 Å². The topological polar surface area (TPSA) is 59.6 Å². The first-order valence-corrected chi connectivity index (χ1v) is 6.77. The van der Waals surface area contributed by atoms with Gasteiger partial charge in [0.2, 0.25) is 0 Å². The van der Waals surface area contributed by atoms with Crippen LogP contribution in [-0.4, -0.2) is 44.5 Å². The Balaban J connectivity index is 3.22. The van der Waals surface area contributed by atoms with E-state index in [0.717, 1.165) is 12.8 Å². The summed E-state index contributed by atoms with van der Waals surface area (Å²) in [6, 6.07) is -0.121. The summed E-state index contributed by atoms with van der Waals surface area (Å²) < 4.78 is 10.7. The largest absolute Gasteiger partial charge is 0.379 e. The molecule has 0 saturated carbocycles. The maximum absolute atomic E-state index is 11.3. The second-order valence-electron chi connectivity index (χ2n) is 4.73. The summed E-state index contributed by atoms with van der Waals surface area (Å²) in [6.07, 6.45) is 2.17. The predicted octanol–water partition coefficient (Wildman–Crippen LogP) is 1.92. The van der Waals surface area contributed by atoms with E-state index < -0.39 is 0 Å². The van der Waals surface area contributed by atoms with Crippen molar-refractivity contribution >= 4 is 6.03 Å². The Bertz CT molecular complexity index is 188. The smallest absolute Gasteiger partial charge is 0.314 e. The lowest BCUT2D eigenvalue weighted by Gasteiger charge is -2.10. The van der Waals surface area contributed by atoms with E-state index >= 15 is 0 Å². The highest BCUT2D eigenvalue weighted by molar-refractivity contribution is 5.73. The highest BCUT2D eigenvalue weighted by Crippen LogP contribution is 1.90. The third kappa shape index (κ3) is 13.3. The zero-order valence-electron chi connectivity index (χ0n) is 12.1. The molecule has 0 aliphatic rings. The first-order valence-electron chi connectivity index (χ1n) is 6.77. The van der Waals surface area contributed by atoms with E-state index in [1.165, 1.54) is 0 Å². The van der Waals surface area contributed by atoms with Crippen LogP contribution in [-0.2, 0) is 9.47 Å². The van der Waals surface area contributed by atoms with Gasteiger partial charge in [-0.2, -0.15) is 0 Å². The molecule has 2 amide bonds. The van der Waals surface area contributed by atoms with Gasteiger partial charge in [-0.3, -0.25) is 0 Å². The van der Waals surface area contributed by atoms with E-state index in [0.29, 0.717) is 26.3 Å². The Morgan fingerprint density at radius 1 is 0.889 bits per heavy atom. The number of amides is 2. The molecule has 0 bridgehead atoms. The van der Waals surface area contributed by atoms with Crippen LogP contribution in [0, 0.1) is 0 Å². The molecule has 0 rings (SSSR count). The maximum Gasteiger partial charge on any atom is 0.314 e. The second kappa shape index (κ2) is 11.3. The first-order chi connectivity index (χ1) is 8.52. The first kappa shape index (κ1) is 17.2. The van der Waals surface area contributed by atoms with E-state index in [2.05, 4.69) is 10.6 Å². The van der Waals surface area contributed by atoms with Crippen molar-refractivity contribution in [3.8, 4) is 0 Å². The molecule has 0 spiro atoms. The van der Waals surface area contributed by atoms with Crippen LogP contribution in [0.15, 0.2) is 0 Å². The molecule has 108 valence electrons. The second-order valence-corrected chi connectivity index (χ2v) is 4.73. The average Bonchev–Trinajstić information content (AvgIpc) is 2.27. The van der Waals surface area contributed by atoms with Crippen LogP contribution in [0.3, 0.4) is 0 Å². The molecule has 0 saturated heterocycles. The molecule has 0 unspecified atom stereocenters. The highest BCUT2D eigenvalue weighted by Gasteiger charge is 1.99. The van der Waals surface area contributed by atoms with Crippen molar-refractivity contribution in [2.45, 2.75) is 52.7 Å². The van der Waals surface area contributed by atoms with Crippen LogP contribution in [0.4, 0.5) is 4.79 Å². The molecule has 0 aromatic heterocycles. The number of carbonyl (C=O) groups is 1. The average molecular weight is 260 g/mol. The van der Waals surface area contributed by atoms with Crippen LogP contribution < -0.4 is 10.6 Å². The van der Waals surface area contributed by atoms with Crippen LogP contribution in [0.5, 0.6) is 0 Å². The zero-order valence-corrected chi connectivity index (χ0v) is 12.1. The molecule has 0 aromatic carbocycles. The molecule has 18 heavy (non-hydrogen) atoms.